The highest BCUT2D eigenvalue weighted by Gasteiger charge is 2.29. The van der Waals surface area contributed by atoms with Crippen LogP contribution in [0.4, 0.5) is 0 Å². The Morgan fingerprint density at radius 2 is 1.00 bits per heavy atom. The molecule has 0 unspecified atom stereocenters. The standard InChI is InChI=1S/C59H100N2O10S/c1-9-11-13-15-17-19-21-23-25-27-29-31-33-35-53(63)68-46-50(69-54(64)36-34-32-30-28-26-24-22-20-18-16-14-12-10-2)47-72-44-43-52(62)60-45-48-37-39-49(40-38-48)56(66)61-51(57(67)71-59(6,7)8)41-42-55(65)70-58(3,4)5/h37-40,43-44,50-51H,9-36,41-42,45-47H2,1-8H3,(H,60,62)(H,61,66)/b44-43+/t50-,51+/m1/s1. The monoisotopic (exact) mass is 1030 g/mol. The van der Waals surface area contributed by atoms with Crippen molar-refractivity contribution in [3.63, 3.8) is 0 Å². The van der Waals surface area contributed by atoms with Crippen LogP contribution in [0.1, 0.15) is 264 Å². The van der Waals surface area contributed by atoms with Crippen LogP contribution in [0.15, 0.2) is 35.7 Å². The average Bonchev–Trinajstić information content (AvgIpc) is 3.32. The van der Waals surface area contributed by atoms with E-state index in [-0.39, 0.29) is 49.4 Å². The number of carbonyl (C=O) groups is 6. The van der Waals surface area contributed by atoms with Crippen molar-refractivity contribution in [1.82, 2.24) is 10.6 Å². The number of ether oxygens (including phenoxy) is 4. The van der Waals surface area contributed by atoms with Gasteiger partial charge in [0.2, 0.25) is 5.91 Å². The molecule has 1 rings (SSSR count). The second kappa shape index (κ2) is 41.5. The van der Waals surface area contributed by atoms with Gasteiger partial charge in [0.25, 0.3) is 5.91 Å². The largest absolute Gasteiger partial charge is 0.462 e. The van der Waals surface area contributed by atoms with E-state index in [4.69, 9.17) is 18.9 Å². The first-order valence-corrected chi connectivity index (χ1v) is 29.2. The highest BCUT2D eigenvalue weighted by Crippen LogP contribution is 2.18. The van der Waals surface area contributed by atoms with Crippen molar-refractivity contribution in [2.45, 2.75) is 278 Å². The Hall–Kier alpha value is -3.87. The lowest BCUT2D eigenvalue weighted by molar-refractivity contribution is -0.158. The molecule has 0 saturated carbocycles. The third kappa shape index (κ3) is 39.6. The fourth-order valence-electron chi connectivity index (χ4n) is 8.01. The normalized spacial score (nSPS) is 12.6. The van der Waals surface area contributed by atoms with Gasteiger partial charge in [-0.25, -0.2) is 4.79 Å². The fourth-order valence-corrected chi connectivity index (χ4v) is 8.72. The van der Waals surface area contributed by atoms with Crippen LogP contribution in [-0.2, 0) is 49.5 Å². The van der Waals surface area contributed by atoms with Crippen molar-refractivity contribution in [1.29, 1.82) is 0 Å². The number of esters is 4. The van der Waals surface area contributed by atoms with Gasteiger partial charge in [0, 0.05) is 43.2 Å². The molecule has 0 aliphatic carbocycles. The second-order valence-electron chi connectivity index (χ2n) is 21.5. The lowest BCUT2D eigenvalue weighted by Gasteiger charge is -2.25. The van der Waals surface area contributed by atoms with Crippen molar-refractivity contribution in [2.75, 3.05) is 12.4 Å². The molecule has 2 amide bonds. The van der Waals surface area contributed by atoms with E-state index in [9.17, 15) is 28.8 Å². The first-order chi connectivity index (χ1) is 34.4. The molecule has 0 radical (unpaired) electrons. The van der Waals surface area contributed by atoms with E-state index in [1.165, 1.54) is 146 Å². The lowest BCUT2D eigenvalue weighted by Crippen LogP contribution is -2.44. The van der Waals surface area contributed by atoms with Crippen LogP contribution in [-0.4, -0.2) is 71.4 Å². The van der Waals surface area contributed by atoms with Crippen LogP contribution in [0.25, 0.3) is 0 Å². The summed E-state index contributed by atoms with van der Waals surface area (Å²) in [6.07, 6.45) is 33.2. The summed E-state index contributed by atoms with van der Waals surface area (Å²) in [5, 5.41) is 7.16. The molecule has 0 saturated heterocycles. The molecule has 72 heavy (non-hydrogen) atoms. The fraction of sp³-hybridized carbons (Fsp3) is 0.763. The molecule has 0 aliphatic rings. The Morgan fingerprint density at radius 3 is 1.46 bits per heavy atom. The maximum Gasteiger partial charge on any atom is 0.329 e. The topological polar surface area (TPSA) is 163 Å². The highest BCUT2D eigenvalue weighted by molar-refractivity contribution is 8.02. The molecule has 12 nitrogen and oxygen atoms in total. The molecule has 2 atom stereocenters. The maximum absolute atomic E-state index is 13.2. The third-order valence-electron chi connectivity index (χ3n) is 12.0. The summed E-state index contributed by atoms with van der Waals surface area (Å²) in [5.41, 5.74) is -0.451. The zero-order valence-corrected chi connectivity index (χ0v) is 47.3. The molecule has 0 spiro atoms. The van der Waals surface area contributed by atoms with Gasteiger partial charge in [-0.2, -0.15) is 0 Å². The smallest absolute Gasteiger partial charge is 0.329 e. The summed E-state index contributed by atoms with van der Waals surface area (Å²) < 4.78 is 22.3. The number of hydrogen-bond donors (Lipinski definition) is 2. The summed E-state index contributed by atoms with van der Waals surface area (Å²) in [5.74, 6) is -2.26. The molecule has 0 bridgehead atoms. The van der Waals surface area contributed by atoms with Crippen molar-refractivity contribution < 1.29 is 47.7 Å². The number of benzene rings is 1. The van der Waals surface area contributed by atoms with E-state index in [2.05, 4.69) is 24.5 Å². The van der Waals surface area contributed by atoms with Crippen molar-refractivity contribution in [3.8, 4) is 0 Å². The molecule has 2 N–H and O–H groups in total. The Labute approximate surface area is 441 Å². The summed E-state index contributed by atoms with van der Waals surface area (Å²) in [6, 6.07) is 5.52. The Balaban J connectivity index is 2.64. The molecule has 0 aliphatic heterocycles. The average molecular weight is 1030 g/mol. The minimum Gasteiger partial charge on any atom is -0.462 e. The van der Waals surface area contributed by atoms with Crippen molar-refractivity contribution >= 4 is 47.5 Å². The zero-order valence-electron chi connectivity index (χ0n) is 46.4. The van der Waals surface area contributed by atoms with Gasteiger partial charge in [0.05, 0.1) is 0 Å². The molecular formula is C59H100N2O10S. The molecule has 0 aromatic heterocycles. The van der Waals surface area contributed by atoms with E-state index in [0.717, 1.165) is 44.1 Å². The summed E-state index contributed by atoms with van der Waals surface area (Å²) in [6.45, 7) is 15.1. The van der Waals surface area contributed by atoms with E-state index in [1.807, 2.05) is 0 Å². The van der Waals surface area contributed by atoms with Crippen LogP contribution in [0, 0.1) is 0 Å². The van der Waals surface area contributed by atoms with Gasteiger partial charge >= 0.3 is 23.9 Å². The van der Waals surface area contributed by atoms with E-state index in [1.54, 1.807) is 71.2 Å². The lowest BCUT2D eigenvalue weighted by atomic mass is 10.0. The number of rotatable bonds is 43. The first-order valence-electron chi connectivity index (χ1n) is 28.2. The second-order valence-corrected chi connectivity index (χ2v) is 22.5. The number of hydrogen-bond acceptors (Lipinski definition) is 11. The number of amides is 2. The predicted octanol–water partition coefficient (Wildman–Crippen LogP) is 14.5. The predicted molar refractivity (Wildman–Crippen MR) is 294 cm³/mol. The molecule has 1 aromatic carbocycles. The van der Waals surface area contributed by atoms with Crippen LogP contribution in [0.3, 0.4) is 0 Å². The Bertz CT molecular complexity index is 1650. The number of carbonyl (C=O) groups excluding carboxylic acids is 6. The number of unbranched alkanes of at least 4 members (excludes halogenated alkanes) is 24. The van der Waals surface area contributed by atoms with E-state index in [0.29, 0.717) is 18.6 Å². The Morgan fingerprint density at radius 1 is 0.556 bits per heavy atom. The van der Waals surface area contributed by atoms with Gasteiger partial charge in [-0.1, -0.05) is 180 Å². The van der Waals surface area contributed by atoms with Gasteiger partial charge in [0.15, 0.2) is 0 Å². The number of nitrogens with one attached hydrogen (secondary N) is 2. The molecule has 0 fully saturated rings. The zero-order chi connectivity index (χ0) is 53.3. The molecular weight excluding hydrogens is 929 g/mol. The minimum atomic E-state index is -1.07. The van der Waals surface area contributed by atoms with E-state index >= 15 is 0 Å². The van der Waals surface area contributed by atoms with Crippen LogP contribution in [0.5, 0.6) is 0 Å². The molecule has 0 heterocycles. The van der Waals surface area contributed by atoms with Gasteiger partial charge in [-0.15, -0.1) is 11.8 Å². The third-order valence-corrected chi connectivity index (χ3v) is 12.9. The number of thioether (sulfide) groups is 1. The van der Waals surface area contributed by atoms with Gasteiger partial charge in [0.1, 0.15) is 30.0 Å². The maximum atomic E-state index is 13.2. The van der Waals surface area contributed by atoms with Crippen LogP contribution in [0.2, 0.25) is 0 Å². The van der Waals surface area contributed by atoms with Crippen molar-refractivity contribution in [2.24, 2.45) is 0 Å². The summed E-state index contributed by atoms with van der Waals surface area (Å²) in [7, 11) is 0. The highest BCUT2D eigenvalue weighted by atomic mass is 32.2. The van der Waals surface area contributed by atoms with Crippen LogP contribution >= 0.6 is 11.8 Å². The summed E-state index contributed by atoms with van der Waals surface area (Å²) in [4.78, 5) is 77.0. The first kappa shape index (κ1) is 66.1. The van der Waals surface area contributed by atoms with Crippen LogP contribution < -0.4 is 10.6 Å². The molecule has 13 heteroatoms. The van der Waals surface area contributed by atoms with E-state index < -0.39 is 41.2 Å². The summed E-state index contributed by atoms with van der Waals surface area (Å²) >= 11 is 1.30. The minimum absolute atomic E-state index is 0.00381. The van der Waals surface area contributed by atoms with Crippen molar-refractivity contribution in [3.05, 3.63) is 46.9 Å². The van der Waals surface area contributed by atoms with Gasteiger partial charge < -0.3 is 29.6 Å². The van der Waals surface area contributed by atoms with Gasteiger partial charge in [-0.3, -0.25) is 24.0 Å². The SMILES string of the molecule is CCCCCCCCCCCCCCCC(=O)OC[C@H](CS/C=C/C(=O)NCc1ccc(C(=O)N[C@@H](CCC(=O)OC(C)(C)C)C(=O)OC(C)(C)C)cc1)OC(=O)CCCCCCCCCCCCCCC. The Kier molecular flexibility index (Phi) is 38.1. The van der Waals surface area contributed by atoms with Gasteiger partial charge in [-0.05, 0) is 83.9 Å². The quantitative estimate of drug-likeness (QED) is 0.0277. The molecule has 1 aromatic rings. The molecule has 412 valence electrons.